The lowest BCUT2D eigenvalue weighted by Crippen LogP contribution is -2.63. The van der Waals surface area contributed by atoms with Gasteiger partial charge < -0.3 is 60.7 Å². The number of hydrogen-bond acceptors (Lipinski definition) is 12. The first-order valence-corrected chi connectivity index (χ1v) is 31.0. The van der Waals surface area contributed by atoms with Crippen LogP contribution in [0.1, 0.15) is 169 Å². The molecule has 1 heterocycles. The van der Waals surface area contributed by atoms with Gasteiger partial charge in [-0.1, -0.05) is 117 Å². The zero-order valence-corrected chi connectivity index (χ0v) is 56.3. The lowest BCUT2D eigenvalue weighted by Gasteiger charge is -2.41. The second-order valence-electron chi connectivity index (χ2n) is 26.4. The SMILES string of the molecule is CCCC[C@@H](C)[C@@H](O)C1C(=O)N[C@@H](CC)C(=O)N(C)CC(=O)N(C)[C@@H](CC(C)C)C(=O)N[C@@H](C(C)C)C(=O)N(C)[C@@H](CC(C)C)C(=O)N[C@@H](C)C(=O)N[C@H](C)C(=O)N(C)[C@@H](CC(C)C)C(=O)N(C)[C@@H](CC(C)C)C(=O)N(C)[C@@H](C(C)C)C(=O)N1C. The molecule has 5 N–H and O–H groups in total. The van der Waals surface area contributed by atoms with E-state index in [9.17, 15) is 48.3 Å². The van der Waals surface area contributed by atoms with Crippen LogP contribution >= 0.6 is 0 Å². The summed E-state index contributed by atoms with van der Waals surface area (Å²) >= 11 is 0. The Kier molecular flexibility index (Phi) is 31.8. The minimum absolute atomic E-state index is 0.0340. The molecule has 1 saturated heterocycles. The van der Waals surface area contributed by atoms with Gasteiger partial charge in [-0.25, -0.2) is 0 Å². The smallest absolute Gasteiger partial charge is 0.246 e. The monoisotopic (exact) mass is 1200 g/mol. The maximum absolute atomic E-state index is 15.1. The fraction of sp³-hybridized carbons (Fsp3) is 0.823. The summed E-state index contributed by atoms with van der Waals surface area (Å²) < 4.78 is 0. The van der Waals surface area contributed by atoms with Crippen molar-refractivity contribution < 1.29 is 57.8 Å². The molecule has 0 spiro atoms. The van der Waals surface area contributed by atoms with E-state index >= 15 is 9.59 Å². The summed E-state index contributed by atoms with van der Waals surface area (Å²) in [6, 6.07) is -12.2. The fourth-order valence-corrected chi connectivity index (χ4v) is 10.9. The number of aliphatic hydroxyl groups is 1. The molecule has 23 nitrogen and oxygen atoms in total. The standard InChI is InChI=1S/C62H113N11O12/c1-25-27-28-40(15)52(75)51-56(79)65-43(26-2)58(81)67(18)33-48(74)68(19)44(29-34(3)4)55(78)66-49(38(11)12)61(84)69(20)45(30-35(5)6)54(77)63-41(16)53(76)64-42(17)57(80)70(21)46(31-36(7)8)59(82)71(22)47(32-37(9)10)60(83)72(23)50(39(13)14)62(85)73(51)24/h34-47,49-52,75H,25-33H2,1-24H3,(H,63,77)(H,64,76)(H,65,79)(H,66,78)/t40-,41+,42-,43+,44+,45+,46+,47+,49+,50+,51?,52-/m1/s1. The molecule has 1 fully saturated rings. The Labute approximate surface area is 509 Å². The molecule has 12 atom stereocenters. The number of carbonyl (C=O) groups excluding carboxylic acids is 11. The number of carbonyl (C=O) groups is 11. The summed E-state index contributed by atoms with van der Waals surface area (Å²) in [5.41, 5.74) is 0. The molecule has 0 saturated carbocycles. The van der Waals surface area contributed by atoms with Crippen LogP contribution in [0.2, 0.25) is 0 Å². The molecule has 0 aliphatic carbocycles. The first-order chi connectivity index (χ1) is 39.2. The Hall–Kier alpha value is -5.87. The van der Waals surface area contributed by atoms with Crippen molar-refractivity contribution in [3.8, 4) is 0 Å². The van der Waals surface area contributed by atoms with Gasteiger partial charge in [0.2, 0.25) is 65.0 Å². The average molecular weight is 1200 g/mol. The zero-order chi connectivity index (χ0) is 66.0. The van der Waals surface area contributed by atoms with Crippen molar-refractivity contribution in [2.45, 2.75) is 236 Å². The van der Waals surface area contributed by atoms with E-state index in [0.717, 1.165) is 16.2 Å². The van der Waals surface area contributed by atoms with Crippen LogP contribution in [0.4, 0.5) is 0 Å². The summed E-state index contributed by atoms with van der Waals surface area (Å²) in [5.74, 6) is -9.50. The van der Waals surface area contributed by atoms with E-state index in [1.54, 1.807) is 41.5 Å². The lowest BCUT2D eigenvalue weighted by molar-refractivity contribution is -0.157. The van der Waals surface area contributed by atoms with Crippen molar-refractivity contribution in [3.63, 3.8) is 0 Å². The van der Waals surface area contributed by atoms with E-state index in [0.29, 0.717) is 12.8 Å². The van der Waals surface area contributed by atoms with Gasteiger partial charge in [0.25, 0.3) is 0 Å². The number of nitrogens with one attached hydrogen (secondary N) is 4. The van der Waals surface area contributed by atoms with Gasteiger partial charge in [-0.05, 0) is 93.8 Å². The van der Waals surface area contributed by atoms with Crippen LogP contribution in [-0.4, -0.2) is 227 Å². The predicted octanol–water partition coefficient (Wildman–Crippen LogP) is 3.49. The number of unbranched alkanes of at least 4 members (excludes halogenated alkanes) is 1. The van der Waals surface area contributed by atoms with E-state index in [2.05, 4.69) is 21.3 Å². The van der Waals surface area contributed by atoms with Crippen molar-refractivity contribution in [1.29, 1.82) is 0 Å². The zero-order valence-electron chi connectivity index (χ0n) is 56.3. The Morgan fingerprint density at radius 2 is 0.847 bits per heavy atom. The van der Waals surface area contributed by atoms with Crippen molar-refractivity contribution in [1.82, 2.24) is 55.6 Å². The van der Waals surface area contributed by atoms with Crippen LogP contribution in [0.3, 0.4) is 0 Å². The molecule has 0 bridgehead atoms. The molecule has 23 heteroatoms. The molecule has 1 rings (SSSR count). The van der Waals surface area contributed by atoms with Gasteiger partial charge in [-0.3, -0.25) is 52.7 Å². The highest BCUT2D eigenvalue weighted by Crippen LogP contribution is 2.26. The number of amides is 11. The average Bonchev–Trinajstić information content (AvgIpc) is 3.62. The number of rotatable bonds is 16. The van der Waals surface area contributed by atoms with Crippen LogP contribution in [0.25, 0.3) is 0 Å². The predicted molar refractivity (Wildman–Crippen MR) is 329 cm³/mol. The number of nitrogens with zero attached hydrogens (tertiary/aromatic N) is 7. The van der Waals surface area contributed by atoms with Crippen molar-refractivity contribution in [2.75, 3.05) is 55.9 Å². The molecular formula is C62H113N11O12. The molecular weight excluding hydrogens is 1090 g/mol. The van der Waals surface area contributed by atoms with Crippen molar-refractivity contribution in [3.05, 3.63) is 0 Å². The molecule has 1 aliphatic heterocycles. The number of hydrogen-bond donors (Lipinski definition) is 5. The van der Waals surface area contributed by atoms with Gasteiger partial charge in [0.1, 0.15) is 60.4 Å². The maximum atomic E-state index is 15.1. The highest BCUT2D eigenvalue weighted by molar-refractivity contribution is 5.99. The minimum atomic E-state index is -1.58. The molecule has 1 aliphatic rings. The topological polar surface area (TPSA) is 279 Å². The van der Waals surface area contributed by atoms with Gasteiger partial charge in [-0.15, -0.1) is 0 Å². The summed E-state index contributed by atoms with van der Waals surface area (Å²) in [5, 5.41) is 23.1. The fourth-order valence-electron chi connectivity index (χ4n) is 10.9. The van der Waals surface area contributed by atoms with Crippen LogP contribution < -0.4 is 21.3 Å². The van der Waals surface area contributed by atoms with E-state index < -0.39 is 156 Å². The highest BCUT2D eigenvalue weighted by atomic mass is 16.3. The van der Waals surface area contributed by atoms with E-state index in [4.69, 9.17) is 0 Å². The molecule has 0 aromatic rings. The normalized spacial score (nSPS) is 26.8. The summed E-state index contributed by atoms with van der Waals surface area (Å²) in [6.45, 7) is 29.6. The molecule has 85 heavy (non-hydrogen) atoms. The second-order valence-corrected chi connectivity index (χ2v) is 26.4. The van der Waals surface area contributed by atoms with Crippen LogP contribution in [-0.2, 0) is 52.7 Å². The number of likely N-dealkylation sites (N-methyl/N-ethyl adjacent to an activating group) is 7. The molecule has 11 amide bonds. The molecule has 0 aromatic heterocycles. The van der Waals surface area contributed by atoms with E-state index in [1.165, 1.54) is 87.7 Å². The van der Waals surface area contributed by atoms with Gasteiger partial charge in [0, 0.05) is 49.3 Å². The molecule has 488 valence electrons. The van der Waals surface area contributed by atoms with E-state index in [1.807, 2.05) is 62.3 Å². The third-order valence-corrected chi connectivity index (χ3v) is 16.3. The Bertz CT molecular complexity index is 2280. The van der Waals surface area contributed by atoms with Gasteiger partial charge in [-0.2, -0.15) is 0 Å². The summed E-state index contributed by atoms with van der Waals surface area (Å²) in [4.78, 5) is 169. The molecule has 0 aromatic carbocycles. The summed E-state index contributed by atoms with van der Waals surface area (Å²) in [7, 11) is 9.97. The van der Waals surface area contributed by atoms with Gasteiger partial charge in [0.15, 0.2) is 0 Å². The maximum Gasteiger partial charge on any atom is 0.246 e. The van der Waals surface area contributed by atoms with Crippen LogP contribution in [0.5, 0.6) is 0 Å². The van der Waals surface area contributed by atoms with Crippen LogP contribution in [0, 0.1) is 41.4 Å². The second kappa shape index (κ2) is 35.1. The first-order valence-electron chi connectivity index (χ1n) is 31.0. The third-order valence-electron chi connectivity index (χ3n) is 16.3. The lowest BCUT2D eigenvalue weighted by atomic mass is 9.90. The quantitative estimate of drug-likeness (QED) is 0.149. The Balaban J connectivity index is 4.31. The molecule has 1 unspecified atom stereocenters. The third kappa shape index (κ3) is 21.8. The Morgan fingerprint density at radius 1 is 0.435 bits per heavy atom. The largest absolute Gasteiger partial charge is 0.390 e. The van der Waals surface area contributed by atoms with Gasteiger partial charge in [0.05, 0.1) is 12.6 Å². The highest BCUT2D eigenvalue weighted by Gasteiger charge is 2.46. The van der Waals surface area contributed by atoms with Gasteiger partial charge >= 0.3 is 0 Å². The van der Waals surface area contributed by atoms with Crippen molar-refractivity contribution >= 4 is 65.0 Å². The molecule has 0 radical (unpaired) electrons. The minimum Gasteiger partial charge on any atom is -0.390 e. The Morgan fingerprint density at radius 3 is 1.29 bits per heavy atom. The first kappa shape index (κ1) is 77.1. The van der Waals surface area contributed by atoms with Crippen LogP contribution in [0.15, 0.2) is 0 Å². The van der Waals surface area contributed by atoms with Crippen molar-refractivity contribution in [2.24, 2.45) is 41.4 Å². The summed E-state index contributed by atoms with van der Waals surface area (Å²) in [6.07, 6.45) is 1.20. The number of aliphatic hydroxyl groups excluding tert-OH is 1. The van der Waals surface area contributed by atoms with E-state index in [-0.39, 0.29) is 55.8 Å².